The average molecular weight is 434 g/mol. The van der Waals surface area contributed by atoms with Crippen molar-refractivity contribution in [2.45, 2.75) is 45.6 Å². The van der Waals surface area contributed by atoms with Gasteiger partial charge in [0.05, 0.1) is 25.8 Å². The molecule has 0 aliphatic rings. The van der Waals surface area contributed by atoms with Crippen molar-refractivity contribution in [3.63, 3.8) is 0 Å². The Hall–Kier alpha value is -2.91. The van der Waals surface area contributed by atoms with Crippen LogP contribution in [-0.2, 0) is 26.3 Å². The van der Waals surface area contributed by atoms with Crippen molar-refractivity contribution in [3.8, 4) is 11.4 Å². The summed E-state index contributed by atoms with van der Waals surface area (Å²) in [4.78, 5) is 27.8. The van der Waals surface area contributed by atoms with Gasteiger partial charge in [0, 0.05) is 23.1 Å². The Labute approximate surface area is 178 Å². The average Bonchev–Trinajstić information content (AvgIpc) is 3.25. The van der Waals surface area contributed by atoms with E-state index in [0.29, 0.717) is 33.3 Å². The number of nitrogens with one attached hydrogen (secondary N) is 2. The second kappa shape index (κ2) is 8.45. The fraction of sp³-hybridized carbons (Fsp3) is 0.400. The molecule has 10 heteroatoms. The van der Waals surface area contributed by atoms with Gasteiger partial charge in [0.25, 0.3) is 0 Å². The van der Waals surface area contributed by atoms with Crippen LogP contribution < -0.4 is 5.32 Å². The van der Waals surface area contributed by atoms with Gasteiger partial charge in [-0.3, -0.25) is 14.7 Å². The number of carbonyl (C=O) groups excluding carboxylic acids is 2. The first kappa shape index (κ1) is 21.8. The number of amides is 1. The van der Waals surface area contributed by atoms with Gasteiger partial charge in [-0.05, 0) is 17.7 Å². The minimum Gasteiger partial charge on any atom is -0.469 e. The number of anilines is 1. The summed E-state index contributed by atoms with van der Waals surface area (Å²) in [5.74, 6) is -0.422. The number of nitrogens with zero attached hydrogens (tertiary/aromatic N) is 3. The lowest BCUT2D eigenvalue weighted by atomic mass is 9.92. The second-order valence-corrected chi connectivity index (χ2v) is 8.25. The lowest BCUT2D eigenvalue weighted by Gasteiger charge is -2.16. The minimum atomic E-state index is -0.453. The van der Waals surface area contributed by atoms with Gasteiger partial charge >= 0.3 is 5.97 Å². The largest absolute Gasteiger partial charge is 0.469 e. The summed E-state index contributed by atoms with van der Waals surface area (Å²) in [5, 5.41) is 20.5. The predicted molar refractivity (Wildman–Crippen MR) is 112 cm³/mol. The van der Waals surface area contributed by atoms with Crippen molar-refractivity contribution in [2.24, 2.45) is 0 Å². The third kappa shape index (κ3) is 4.47. The topological polar surface area (TPSA) is 122 Å². The summed E-state index contributed by atoms with van der Waals surface area (Å²) in [6.07, 6.45) is -0.00741. The third-order valence-corrected chi connectivity index (χ3v) is 4.94. The van der Waals surface area contributed by atoms with Crippen LogP contribution in [0.25, 0.3) is 17.0 Å². The molecule has 3 rings (SSSR count). The van der Waals surface area contributed by atoms with Crippen LogP contribution in [0.3, 0.4) is 0 Å². The summed E-state index contributed by atoms with van der Waals surface area (Å²) < 4.78 is 6.04. The zero-order valence-electron chi connectivity index (χ0n) is 17.2. The first-order valence-electron chi connectivity index (χ1n) is 9.39. The van der Waals surface area contributed by atoms with E-state index in [1.54, 1.807) is 18.2 Å². The van der Waals surface area contributed by atoms with E-state index >= 15 is 0 Å². The highest BCUT2D eigenvalue weighted by Crippen LogP contribution is 2.33. The molecule has 30 heavy (non-hydrogen) atoms. The van der Waals surface area contributed by atoms with Gasteiger partial charge < -0.3 is 15.2 Å². The number of fused-ring (bicyclic) bond motifs is 1. The first-order chi connectivity index (χ1) is 14.1. The SMILES string of the molecule is COC(=O)CCC(=O)Nc1ccc(CO)c(-c2nc3c(Cl)c(C(C)(C)C)[nH]n3n2)c1. The van der Waals surface area contributed by atoms with Crippen molar-refractivity contribution < 1.29 is 19.4 Å². The van der Waals surface area contributed by atoms with E-state index in [0.717, 1.165) is 5.69 Å². The zero-order chi connectivity index (χ0) is 22.1. The summed E-state index contributed by atoms with van der Waals surface area (Å²) in [6, 6.07) is 5.02. The highest BCUT2D eigenvalue weighted by molar-refractivity contribution is 6.34. The fourth-order valence-electron chi connectivity index (χ4n) is 2.95. The maximum absolute atomic E-state index is 12.1. The number of aliphatic hydroxyl groups excluding tert-OH is 1. The molecule has 1 aromatic carbocycles. The number of H-pyrrole nitrogens is 1. The number of benzene rings is 1. The van der Waals surface area contributed by atoms with Crippen LogP contribution in [0.1, 0.15) is 44.9 Å². The van der Waals surface area contributed by atoms with E-state index in [1.807, 2.05) is 20.8 Å². The molecular weight excluding hydrogens is 410 g/mol. The maximum Gasteiger partial charge on any atom is 0.306 e. The van der Waals surface area contributed by atoms with Crippen molar-refractivity contribution >= 4 is 34.8 Å². The van der Waals surface area contributed by atoms with Crippen LogP contribution in [-0.4, -0.2) is 43.9 Å². The van der Waals surface area contributed by atoms with Crippen LogP contribution in [0.15, 0.2) is 18.2 Å². The summed E-state index contributed by atoms with van der Waals surface area (Å²) in [5.41, 5.74) is 2.76. The molecule has 160 valence electrons. The molecule has 0 aliphatic carbocycles. The number of aromatic amines is 1. The molecule has 0 bridgehead atoms. The number of aliphatic hydroxyl groups is 1. The molecule has 0 atom stereocenters. The fourth-order valence-corrected chi connectivity index (χ4v) is 3.40. The number of hydrogen-bond acceptors (Lipinski definition) is 6. The molecular formula is C20H24ClN5O4. The van der Waals surface area contributed by atoms with Gasteiger partial charge in [-0.2, -0.15) is 4.63 Å². The molecule has 3 N–H and O–H groups in total. The quantitative estimate of drug-likeness (QED) is 0.513. The van der Waals surface area contributed by atoms with E-state index in [1.165, 1.54) is 11.7 Å². The standard InChI is InChI=1S/C20H24ClN5O4/c1-20(2,3)17-16(21)19-23-18(25-26(19)24-17)13-9-12(6-5-11(13)10-27)22-14(28)7-8-15(29)30-4/h5-6,9,24,27H,7-8,10H2,1-4H3,(H,22,28). The maximum atomic E-state index is 12.1. The molecule has 0 unspecified atom stereocenters. The van der Waals surface area contributed by atoms with E-state index < -0.39 is 5.97 Å². The molecule has 2 heterocycles. The summed E-state index contributed by atoms with van der Waals surface area (Å²) in [7, 11) is 1.27. The van der Waals surface area contributed by atoms with Crippen molar-refractivity contribution in [3.05, 3.63) is 34.5 Å². The van der Waals surface area contributed by atoms with Crippen LogP contribution in [0.4, 0.5) is 5.69 Å². The first-order valence-corrected chi connectivity index (χ1v) is 9.77. The van der Waals surface area contributed by atoms with Crippen LogP contribution in [0.5, 0.6) is 0 Å². The van der Waals surface area contributed by atoms with E-state index in [-0.39, 0.29) is 30.8 Å². The third-order valence-electron chi connectivity index (χ3n) is 4.58. The zero-order valence-corrected chi connectivity index (χ0v) is 18.0. The number of hydrogen-bond donors (Lipinski definition) is 3. The van der Waals surface area contributed by atoms with E-state index in [2.05, 4.69) is 25.2 Å². The monoisotopic (exact) mass is 433 g/mol. The van der Waals surface area contributed by atoms with Gasteiger partial charge in [0.15, 0.2) is 11.5 Å². The highest BCUT2D eigenvalue weighted by Gasteiger charge is 2.25. The molecule has 2 aromatic heterocycles. The minimum absolute atomic E-state index is 0.000681. The molecule has 0 fully saturated rings. The predicted octanol–water partition coefficient (Wildman–Crippen LogP) is 3.06. The highest BCUT2D eigenvalue weighted by atomic mass is 35.5. The number of carbonyl (C=O) groups is 2. The Balaban J connectivity index is 1.90. The molecule has 0 saturated carbocycles. The van der Waals surface area contributed by atoms with Crippen LogP contribution >= 0.6 is 11.6 Å². The number of rotatable bonds is 6. The van der Waals surface area contributed by atoms with Gasteiger partial charge in [0.1, 0.15) is 5.02 Å². The Bertz CT molecular complexity index is 1100. The van der Waals surface area contributed by atoms with Gasteiger partial charge in [-0.25, -0.2) is 4.98 Å². The van der Waals surface area contributed by atoms with Crippen molar-refractivity contribution in [2.75, 3.05) is 12.4 Å². The molecule has 0 aliphatic heterocycles. The number of methoxy groups -OCH3 is 1. The molecule has 0 spiro atoms. The molecule has 3 aromatic rings. The van der Waals surface area contributed by atoms with E-state index in [4.69, 9.17) is 11.6 Å². The number of ether oxygens (including phenoxy) is 1. The number of halogens is 1. The lowest BCUT2D eigenvalue weighted by molar-refractivity contribution is -0.141. The Kier molecular flexibility index (Phi) is 6.14. The Morgan fingerprint density at radius 1 is 1.30 bits per heavy atom. The van der Waals surface area contributed by atoms with Crippen LogP contribution in [0.2, 0.25) is 5.02 Å². The smallest absolute Gasteiger partial charge is 0.306 e. The second-order valence-electron chi connectivity index (χ2n) is 7.88. The van der Waals surface area contributed by atoms with E-state index in [9.17, 15) is 14.7 Å². The van der Waals surface area contributed by atoms with Gasteiger partial charge in [0.2, 0.25) is 5.91 Å². The molecule has 9 nitrogen and oxygen atoms in total. The van der Waals surface area contributed by atoms with Crippen molar-refractivity contribution in [1.29, 1.82) is 0 Å². The molecule has 1 amide bonds. The number of aromatic nitrogens is 4. The molecule has 0 saturated heterocycles. The Morgan fingerprint density at radius 3 is 2.63 bits per heavy atom. The summed E-state index contributed by atoms with van der Waals surface area (Å²) in [6.45, 7) is 5.86. The van der Waals surface area contributed by atoms with Gasteiger partial charge in [-0.15, -0.1) is 5.10 Å². The number of esters is 1. The van der Waals surface area contributed by atoms with Crippen molar-refractivity contribution in [1.82, 2.24) is 19.8 Å². The Morgan fingerprint density at radius 2 is 2.03 bits per heavy atom. The molecule has 0 radical (unpaired) electrons. The van der Waals surface area contributed by atoms with Gasteiger partial charge in [-0.1, -0.05) is 38.4 Å². The normalized spacial score (nSPS) is 11.7. The lowest BCUT2D eigenvalue weighted by Crippen LogP contribution is -2.14. The van der Waals surface area contributed by atoms with Crippen LogP contribution in [0, 0.1) is 0 Å². The summed E-state index contributed by atoms with van der Waals surface area (Å²) >= 11 is 6.49.